The summed E-state index contributed by atoms with van der Waals surface area (Å²) in [6, 6.07) is -0.466. The number of phosphoric acid groups is 1. The van der Waals surface area contributed by atoms with E-state index in [9.17, 15) is 18.9 Å². The second-order valence-electron chi connectivity index (χ2n) is 18.7. The number of unbranched alkanes of at least 4 members (excludes halogenated alkanes) is 24. The number of esters is 1. The normalized spacial score (nSPS) is 13.6. The molecular weight excluding hydrogens is 816 g/mol. The molecule has 11 nitrogen and oxygen atoms in total. The predicted octanol–water partition coefficient (Wildman–Crippen LogP) is 15.2. The van der Waals surface area contributed by atoms with Crippen LogP contribution in [0.2, 0.25) is 0 Å². The zero-order valence-electron chi connectivity index (χ0n) is 41.7. The maximum Gasteiger partial charge on any atom is 0.475 e. The van der Waals surface area contributed by atoms with E-state index >= 15 is 0 Å². The summed E-state index contributed by atoms with van der Waals surface area (Å²) >= 11 is 0. The first-order valence-electron chi connectivity index (χ1n) is 26.0. The molecule has 0 aliphatic heterocycles. The van der Waals surface area contributed by atoms with Gasteiger partial charge in [-0.1, -0.05) is 181 Å². The summed E-state index contributed by atoms with van der Waals surface area (Å²) in [6.45, 7) is 15.4. The quantitative estimate of drug-likeness (QED) is 0.0264. The summed E-state index contributed by atoms with van der Waals surface area (Å²) in [6.07, 6.45) is 36.6. The van der Waals surface area contributed by atoms with Gasteiger partial charge in [-0.05, 0) is 65.7 Å². The molecule has 0 heterocycles. The molecule has 63 heavy (non-hydrogen) atoms. The standard InChI is InChI=1S/C51H99N2O9P/c1-8-12-15-18-21-23-25-26-28-31-34-40-48(54)53-46(45-60-63(57,58-43-11-4)59-44-42-52-50(56)62-51(5,6)7)37-36-39-47(38-33-30-20-17-14-10-3)61-49(55)41-35-32-29-27-24-22-19-16-13-9-2/h11,46-47H,4,8-10,12-45H2,1-3,5-7H3,(H,52,56)(H,53,54)/t46-,47?,63?/m1/s1. The highest BCUT2D eigenvalue weighted by molar-refractivity contribution is 7.48. The summed E-state index contributed by atoms with van der Waals surface area (Å²) in [5.74, 6) is -0.195. The van der Waals surface area contributed by atoms with Crippen molar-refractivity contribution in [2.75, 3.05) is 26.4 Å². The van der Waals surface area contributed by atoms with Crippen LogP contribution >= 0.6 is 7.82 Å². The molecule has 2 unspecified atom stereocenters. The first kappa shape index (κ1) is 61.1. The fourth-order valence-electron chi connectivity index (χ4n) is 7.52. The van der Waals surface area contributed by atoms with E-state index in [4.69, 9.17) is 23.0 Å². The molecule has 0 fully saturated rings. The van der Waals surface area contributed by atoms with Crippen LogP contribution in [0.1, 0.15) is 253 Å². The lowest BCUT2D eigenvalue weighted by molar-refractivity contribution is -0.150. The van der Waals surface area contributed by atoms with Gasteiger partial charge in [0.15, 0.2) is 0 Å². The Bertz CT molecular complexity index is 1150. The molecule has 0 aromatic heterocycles. The zero-order chi connectivity index (χ0) is 46.7. The SMILES string of the molecule is C=CCOP(=O)(OCCNC(=O)OC(C)(C)C)OC[C@@H](CCCC(CCCCCCCC)OC(=O)CCCCCCCCCCCC)NC(=O)CCCCCCCCCCCCC. The Hall–Kier alpha value is -1.94. The summed E-state index contributed by atoms with van der Waals surface area (Å²) in [7, 11) is -4.09. The van der Waals surface area contributed by atoms with Crippen molar-refractivity contribution < 1.29 is 42.0 Å². The Morgan fingerprint density at radius 2 is 1.05 bits per heavy atom. The first-order chi connectivity index (χ1) is 30.4. The van der Waals surface area contributed by atoms with Gasteiger partial charge in [0.2, 0.25) is 5.91 Å². The average Bonchev–Trinajstić information content (AvgIpc) is 3.24. The molecule has 372 valence electrons. The first-order valence-corrected chi connectivity index (χ1v) is 27.4. The second kappa shape index (κ2) is 42.7. The Morgan fingerprint density at radius 1 is 0.587 bits per heavy atom. The Kier molecular flexibility index (Phi) is 41.4. The third kappa shape index (κ3) is 42.5. The number of ether oxygens (including phenoxy) is 2. The molecule has 0 saturated carbocycles. The molecule has 0 aliphatic carbocycles. The molecule has 0 aliphatic rings. The number of carbonyl (C=O) groups excluding carboxylic acids is 3. The smallest absolute Gasteiger partial charge is 0.462 e. The van der Waals surface area contributed by atoms with Gasteiger partial charge < -0.3 is 20.1 Å². The molecular formula is C51H99N2O9P. The third-order valence-electron chi connectivity index (χ3n) is 11.2. The van der Waals surface area contributed by atoms with Crippen LogP contribution in [0.5, 0.6) is 0 Å². The molecule has 0 aromatic rings. The summed E-state index contributed by atoms with van der Waals surface area (Å²) in [4.78, 5) is 38.4. The van der Waals surface area contributed by atoms with Gasteiger partial charge in [0.1, 0.15) is 11.7 Å². The number of hydrogen-bond acceptors (Lipinski definition) is 9. The third-order valence-corrected chi connectivity index (χ3v) is 12.6. The summed E-state index contributed by atoms with van der Waals surface area (Å²) in [5.41, 5.74) is -0.661. The molecule has 0 bridgehead atoms. The van der Waals surface area contributed by atoms with E-state index < -0.39 is 25.6 Å². The van der Waals surface area contributed by atoms with Crippen LogP contribution in [0.15, 0.2) is 12.7 Å². The van der Waals surface area contributed by atoms with E-state index in [0.717, 1.165) is 57.8 Å². The van der Waals surface area contributed by atoms with Crippen LogP contribution in [0.25, 0.3) is 0 Å². The number of amides is 2. The van der Waals surface area contributed by atoms with E-state index in [0.29, 0.717) is 32.1 Å². The van der Waals surface area contributed by atoms with Crippen LogP contribution in [0.3, 0.4) is 0 Å². The lowest BCUT2D eigenvalue weighted by Gasteiger charge is -2.24. The van der Waals surface area contributed by atoms with Crippen molar-refractivity contribution in [1.82, 2.24) is 10.6 Å². The van der Waals surface area contributed by atoms with Gasteiger partial charge in [-0.3, -0.25) is 23.2 Å². The largest absolute Gasteiger partial charge is 0.475 e. The van der Waals surface area contributed by atoms with Crippen molar-refractivity contribution in [2.45, 2.75) is 271 Å². The number of alkyl carbamates (subject to hydrolysis) is 1. The lowest BCUT2D eigenvalue weighted by atomic mass is 10.0. The van der Waals surface area contributed by atoms with E-state index in [1.54, 1.807) is 20.8 Å². The molecule has 0 saturated heterocycles. The molecule has 2 amide bonds. The monoisotopic (exact) mass is 915 g/mol. The second-order valence-corrected chi connectivity index (χ2v) is 20.3. The van der Waals surface area contributed by atoms with Gasteiger partial charge in [-0.15, -0.1) is 6.58 Å². The van der Waals surface area contributed by atoms with Crippen molar-refractivity contribution in [2.24, 2.45) is 0 Å². The van der Waals surface area contributed by atoms with Gasteiger partial charge in [0.25, 0.3) is 0 Å². The number of phosphoric ester groups is 1. The summed E-state index contributed by atoms with van der Waals surface area (Å²) in [5, 5.41) is 5.72. The van der Waals surface area contributed by atoms with Crippen molar-refractivity contribution in [3.8, 4) is 0 Å². The fraction of sp³-hybridized carbons (Fsp3) is 0.902. The van der Waals surface area contributed by atoms with Gasteiger partial charge in [0, 0.05) is 19.4 Å². The highest BCUT2D eigenvalue weighted by Gasteiger charge is 2.29. The van der Waals surface area contributed by atoms with Crippen molar-refractivity contribution in [3.05, 3.63) is 12.7 Å². The highest BCUT2D eigenvalue weighted by Crippen LogP contribution is 2.49. The van der Waals surface area contributed by atoms with Gasteiger partial charge in [-0.25, -0.2) is 9.36 Å². The number of nitrogens with one attached hydrogen (secondary N) is 2. The molecule has 0 aromatic carbocycles. The highest BCUT2D eigenvalue weighted by atomic mass is 31.2. The number of rotatable bonds is 46. The van der Waals surface area contributed by atoms with E-state index in [2.05, 4.69) is 38.0 Å². The Labute approximate surface area is 387 Å². The minimum absolute atomic E-state index is 0.0245. The minimum atomic E-state index is -4.09. The minimum Gasteiger partial charge on any atom is -0.462 e. The Balaban J connectivity index is 5.43. The van der Waals surface area contributed by atoms with E-state index in [1.807, 2.05) is 0 Å². The van der Waals surface area contributed by atoms with Crippen molar-refractivity contribution in [3.63, 3.8) is 0 Å². The van der Waals surface area contributed by atoms with Crippen molar-refractivity contribution in [1.29, 1.82) is 0 Å². The molecule has 3 atom stereocenters. The van der Waals surface area contributed by atoms with Gasteiger partial charge >= 0.3 is 19.9 Å². The molecule has 2 N–H and O–H groups in total. The van der Waals surface area contributed by atoms with E-state index in [1.165, 1.54) is 128 Å². The van der Waals surface area contributed by atoms with Crippen LogP contribution in [0.4, 0.5) is 4.79 Å². The maximum atomic E-state index is 13.7. The van der Waals surface area contributed by atoms with Crippen LogP contribution in [-0.2, 0) is 37.2 Å². The maximum absolute atomic E-state index is 13.7. The fourth-order valence-corrected chi connectivity index (χ4v) is 8.71. The topological polar surface area (TPSA) is 138 Å². The summed E-state index contributed by atoms with van der Waals surface area (Å²) < 4.78 is 42.0. The molecule has 12 heteroatoms. The van der Waals surface area contributed by atoms with Gasteiger partial charge in [0.05, 0.1) is 25.9 Å². The predicted molar refractivity (Wildman–Crippen MR) is 261 cm³/mol. The van der Waals surface area contributed by atoms with Crippen LogP contribution in [-0.4, -0.2) is 62.1 Å². The number of carbonyl (C=O) groups is 3. The molecule has 0 spiro atoms. The number of hydrogen-bond donors (Lipinski definition) is 2. The van der Waals surface area contributed by atoms with Gasteiger partial charge in [-0.2, -0.15) is 0 Å². The lowest BCUT2D eigenvalue weighted by Crippen LogP contribution is -2.38. The zero-order valence-corrected chi connectivity index (χ0v) is 42.6. The molecule has 0 rings (SSSR count). The Morgan fingerprint density at radius 3 is 1.54 bits per heavy atom. The van der Waals surface area contributed by atoms with E-state index in [-0.39, 0.29) is 44.3 Å². The van der Waals surface area contributed by atoms with Crippen molar-refractivity contribution >= 4 is 25.8 Å². The van der Waals surface area contributed by atoms with Crippen LogP contribution < -0.4 is 10.6 Å². The average molecular weight is 915 g/mol. The van der Waals surface area contributed by atoms with Crippen LogP contribution in [0, 0.1) is 0 Å². The molecule has 0 radical (unpaired) electrons.